The lowest BCUT2D eigenvalue weighted by atomic mass is 10.1. The average Bonchev–Trinajstić information content (AvgIpc) is 3.23. The van der Waals surface area contributed by atoms with Gasteiger partial charge >= 0.3 is 0 Å². The minimum atomic E-state index is -0.516. The second-order valence-corrected chi connectivity index (χ2v) is 8.31. The summed E-state index contributed by atoms with van der Waals surface area (Å²) >= 11 is 6.07. The lowest BCUT2D eigenvalue weighted by Crippen LogP contribution is -2.13. The summed E-state index contributed by atoms with van der Waals surface area (Å²) in [6, 6.07) is 10.9. The van der Waals surface area contributed by atoms with Crippen molar-refractivity contribution >= 4 is 51.7 Å². The Morgan fingerprint density at radius 1 is 1.24 bits per heavy atom. The van der Waals surface area contributed by atoms with Crippen LogP contribution < -0.4 is 4.90 Å². The molecular weight excluding hydrogens is 455 g/mol. The van der Waals surface area contributed by atoms with E-state index < -0.39 is 5.82 Å². The van der Waals surface area contributed by atoms with E-state index in [-0.39, 0.29) is 5.02 Å². The number of aliphatic imine (C=N–C) groups is 1. The number of anilines is 2. The largest absolute Gasteiger partial charge is 0.495 e. The molecule has 0 bridgehead atoms. The Kier molecular flexibility index (Phi) is 5.75. The maximum absolute atomic E-state index is 14.4. The highest BCUT2D eigenvalue weighted by atomic mass is 35.5. The quantitative estimate of drug-likeness (QED) is 0.355. The van der Waals surface area contributed by atoms with Crippen LogP contribution in [0.3, 0.4) is 0 Å². The Bertz CT molecular complexity index is 1510. The normalized spacial score (nSPS) is 14.0. The first kappa shape index (κ1) is 22.0. The van der Waals surface area contributed by atoms with Gasteiger partial charge in [0.15, 0.2) is 0 Å². The molecule has 1 aliphatic rings. The van der Waals surface area contributed by atoms with Crippen molar-refractivity contribution in [2.75, 3.05) is 19.1 Å². The molecule has 0 aliphatic carbocycles. The number of rotatable bonds is 5. The minimum absolute atomic E-state index is 0.0259. The number of benzene rings is 2. The molecule has 1 aliphatic heterocycles. The molecule has 0 saturated heterocycles. The second-order valence-electron chi connectivity index (χ2n) is 7.91. The molecule has 2 aromatic carbocycles. The minimum Gasteiger partial charge on any atom is -0.495 e. The summed E-state index contributed by atoms with van der Waals surface area (Å²) in [5, 5.41) is 8.65. The van der Waals surface area contributed by atoms with Crippen molar-refractivity contribution in [1.82, 2.24) is 19.6 Å². The first-order chi connectivity index (χ1) is 16.5. The van der Waals surface area contributed by atoms with Gasteiger partial charge in [-0.25, -0.2) is 4.39 Å². The Morgan fingerprint density at radius 2 is 2.09 bits per heavy atom. The van der Waals surface area contributed by atoms with Crippen LogP contribution in [0, 0.1) is 5.82 Å². The topological polar surface area (TPSA) is 67.9 Å². The standard InChI is InChI=1S/C25H22ClFN6O/c1-4-15-8-9-21(28-13-23(15)34-3)16-6-5-7-17(10-16)32(2)24-18-11-20(27)19(26)12-22(18)33-14-29-31-25(33)30-24/h5-7,9-14H,4,8H2,1-3H3. The number of nitrogens with zero attached hydrogens (tertiary/aromatic N) is 6. The fraction of sp³-hybridized carbons (Fsp3) is 0.200. The predicted octanol–water partition coefficient (Wildman–Crippen LogP) is 5.96. The first-order valence-electron chi connectivity index (χ1n) is 10.8. The third-order valence-electron chi connectivity index (χ3n) is 5.98. The van der Waals surface area contributed by atoms with E-state index >= 15 is 0 Å². The monoisotopic (exact) mass is 476 g/mol. The van der Waals surface area contributed by atoms with Gasteiger partial charge in [-0.3, -0.25) is 9.39 Å². The highest BCUT2D eigenvalue weighted by Crippen LogP contribution is 2.34. The van der Waals surface area contributed by atoms with Crippen LogP contribution in [0.1, 0.15) is 25.3 Å². The van der Waals surface area contributed by atoms with Crippen LogP contribution >= 0.6 is 11.6 Å². The third kappa shape index (κ3) is 3.80. The first-order valence-corrected chi connectivity index (χ1v) is 11.2. The van der Waals surface area contributed by atoms with Crippen molar-refractivity contribution in [2.45, 2.75) is 19.8 Å². The van der Waals surface area contributed by atoms with Crippen LogP contribution in [-0.4, -0.2) is 40.0 Å². The summed E-state index contributed by atoms with van der Waals surface area (Å²) in [5.74, 6) is 1.23. The van der Waals surface area contributed by atoms with Crippen LogP contribution in [-0.2, 0) is 4.74 Å². The molecule has 4 aromatic rings. The molecule has 172 valence electrons. The molecule has 2 aromatic heterocycles. The van der Waals surface area contributed by atoms with Crippen molar-refractivity contribution in [3.05, 3.63) is 76.5 Å². The van der Waals surface area contributed by atoms with Gasteiger partial charge in [0.25, 0.3) is 5.78 Å². The number of allylic oxidation sites excluding steroid dienone is 3. The maximum atomic E-state index is 14.4. The second kappa shape index (κ2) is 8.87. The van der Waals surface area contributed by atoms with Crippen molar-refractivity contribution in [2.24, 2.45) is 4.99 Å². The van der Waals surface area contributed by atoms with E-state index in [1.807, 2.05) is 36.2 Å². The molecule has 0 atom stereocenters. The van der Waals surface area contributed by atoms with Crippen LogP contribution in [0.2, 0.25) is 5.02 Å². The molecule has 0 radical (unpaired) electrons. The summed E-state index contributed by atoms with van der Waals surface area (Å²) < 4.78 is 21.6. The van der Waals surface area contributed by atoms with E-state index in [0.717, 1.165) is 35.5 Å². The molecule has 0 fully saturated rings. The Labute approximate surface area is 200 Å². The number of fused-ring (bicyclic) bond motifs is 3. The lowest BCUT2D eigenvalue weighted by Gasteiger charge is -2.21. The number of aromatic nitrogens is 4. The van der Waals surface area contributed by atoms with Gasteiger partial charge in [0, 0.05) is 23.7 Å². The lowest BCUT2D eigenvalue weighted by molar-refractivity contribution is 0.311. The number of ether oxygens (including phenoxy) is 1. The molecule has 9 heteroatoms. The zero-order chi connectivity index (χ0) is 23.8. The van der Waals surface area contributed by atoms with Gasteiger partial charge in [0.1, 0.15) is 23.7 Å². The number of hydrogen-bond donors (Lipinski definition) is 0. The van der Waals surface area contributed by atoms with Crippen LogP contribution in [0.4, 0.5) is 15.9 Å². The number of hydrogen-bond acceptors (Lipinski definition) is 6. The molecule has 0 amide bonds. The van der Waals surface area contributed by atoms with Crippen molar-refractivity contribution in [1.29, 1.82) is 0 Å². The maximum Gasteiger partial charge on any atom is 0.257 e. The van der Waals surface area contributed by atoms with Crippen LogP contribution in [0.5, 0.6) is 0 Å². The third-order valence-corrected chi connectivity index (χ3v) is 6.27. The smallest absolute Gasteiger partial charge is 0.257 e. The van der Waals surface area contributed by atoms with E-state index in [2.05, 4.69) is 33.2 Å². The zero-order valence-corrected chi connectivity index (χ0v) is 19.7. The van der Waals surface area contributed by atoms with Gasteiger partial charge < -0.3 is 9.64 Å². The van der Waals surface area contributed by atoms with Gasteiger partial charge in [-0.05, 0) is 42.7 Å². The summed E-state index contributed by atoms with van der Waals surface area (Å²) in [5.41, 5.74) is 4.54. The zero-order valence-electron chi connectivity index (χ0n) is 19.0. The van der Waals surface area contributed by atoms with E-state index in [1.165, 1.54) is 18.0 Å². The van der Waals surface area contributed by atoms with E-state index in [0.29, 0.717) is 22.5 Å². The molecule has 3 heterocycles. The van der Waals surface area contributed by atoms with Gasteiger partial charge in [-0.1, -0.05) is 36.7 Å². The molecule has 0 spiro atoms. The highest BCUT2D eigenvalue weighted by Gasteiger charge is 2.18. The van der Waals surface area contributed by atoms with Gasteiger partial charge in [-0.2, -0.15) is 4.98 Å². The molecule has 0 unspecified atom stereocenters. The summed E-state index contributed by atoms with van der Waals surface area (Å²) in [7, 11) is 3.54. The Balaban J connectivity index is 1.58. The Hall–Kier alpha value is -3.78. The van der Waals surface area contributed by atoms with Gasteiger partial charge in [0.05, 0.1) is 29.6 Å². The SMILES string of the molecule is CCC1=C(OC)C=NC(c2cccc(N(C)c3nc4nncn4c4cc(Cl)c(F)cc34)c2)=CC1. The Morgan fingerprint density at radius 3 is 2.88 bits per heavy atom. The van der Waals surface area contributed by atoms with E-state index in [1.54, 1.807) is 23.8 Å². The van der Waals surface area contributed by atoms with E-state index in [4.69, 9.17) is 16.3 Å². The summed E-state index contributed by atoms with van der Waals surface area (Å²) in [6.45, 7) is 2.11. The predicted molar refractivity (Wildman–Crippen MR) is 133 cm³/mol. The number of halogens is 2. The average molecular weight is 477 g/mol. The van der Waals surface area contributed by atoms with Crippen molar-refractivity contribution in [3.8, 4) is 0 Å². The van der Waals surface area contributed by atoms with Crippen molar-refractivity contribution in [3.63, 3.8) is 0 Å². The molecule has 34 heavy (non-hydrogen) atoms. The van der Waals surface area contributed by atoms with Crippen molar-refractivity contribution < 1.29 is 9.13 Å². The molecule has 5 rings (SSSR count). The molecule has 7 nitrogen and oxygen atoms in total. The number of methoxy groups -OCH3 is 1. The molecule has 0 N–H and O–H groups in total. The summed E-state index contributed by atoms with van der Waals surface area (Å²) in [6.07, 6.45) is 7.08. The fourth-order valence-electron chi connectivity index (χ4n) is 4.10. The fourth-order valence-corrected chi connectivity index (χ4v) is 4.26. The van der Waals surface area contributed by atoms with Gasteiger partial charge in [0.2, 0.25) is 0 Å². The van der Waals surface area contributed by atoms with Crippen LogP contribution in [0.25, 0.3) is 22.4 Å². The summed E-state index contributed by atoms with van der Waals surface area (Å²) in [4.78, 5) is 11.2. The van der Waals surface area contributed by atoms with Gasteiger partial charge in [-0.15, -0.1) is 10.2 Å². The highest BCUT2D eigenvalue weighted by molar-refractivity contribution is 6.31. The molecule has 0 saturated carbocycles. The van der Waals surface area contributed by atoms with Crippen LogP contribution in [0.15, 0.2) is 65.1 Å². The molecular formula is C25H22ClFN6O. The van der Waals surface area contributed by atoms with E-state index in [9.17, 15) is 4.39 Å².